The number of rotatable bonds is 10. The number of nitrogens with zero attached hydrogens (tertiary/aromatic N) is 2. The van der Waals surface area contributed by atoms with Crippen LogP contribution in [0.5, 0.6) is 11.5 Å². The molecule has 0 aliphatic carbocycles. The van der Waals surface area contributed by atoms with Crippen molar-refractivity contribution >= 4 is 28.5 Å². The van der Waals surface area contributed by atoms with Crippen LogP contribution in [0.15, 0.2) is 72.8 Å². The lowest BCUT2D eigenvalue weighted by molar-refractivity contribution is -0.120. The first-order chi connectivity index (χ1) is 16.2. The van der Waals surface area contributed by atoms with Crippen molar-refractivity contribution in [2.24, 2.45) is 0 Å². The summed E-state index contributed by atoms with van der Waals surface area (Å²) in [5, 5.41) is 3.58. The maximum Gasteiger partial charge on any atom is 0.224 e. The van der Waals surface area contributed by atoms with Gasteiger partial charge in [0.25, 0.3) is 0 Å². The Hall–Kier alpha value is -3.51. The summed E-state index contributed by atoms with van der Waals surface area (Å²) in [4.78, 5) is 17.1. The molecule has 0 atom stereocenters. The van der Waals surface area contributed by atoms with Crippen LogP contribution in [0.3, 0.4) is 0 Å². The van der Waals surface area contributed by atoms with Gasteiger partial charge in [0, 0.05) is 18.0 Å². The molecule has 4 rings (SSSR count). The quantitative estimate of drug-likeness (QED) is 0.371. The summed E-state index contributed by atoms with van der Waals surface area (Å²) in [6, 6.07) is 23.0. The molecule has 0 aliphatic rings. The molecule has 0 bridgehead atoms. The highest BCUT2D eigenvalue weighted by atomic mass is 35.5. The molecule has 1 N–H and O–H groups in total. The highest BCUT2D eigenvalue weighted by Crippen LogP contribution is 2.26. The number of imidazole rings is 1. The van der Waals surface area contributed by atoms with E-state index in [1.165, 1.54) is 0 Å². The third kappa shape index (κ3) is 5.65. The molecule has 1 heterocycles. The molecule has 3 aromatic carbocycles. The molecule has 0 saturated heterocycles. The normalized spacial score (nSPS) is 10.8. The second-order valence-corrected chi connectivity index (χ2v) is 7.94. The standard InChI is InChI=1S/C26H26ClN3O3/c1-32-23-12-6-7-13-24(23)33-17-16-30-22-11-5-4-10-21(22)29-25(30)14-15-28-26(31)18-19-8-2-3-9-20(19)27/h2-13H,14-18H2,1H3,(H,28,31). The number of nitrogens with one attached hydrogen (secondary N) is 1. The lowest BCUT2D eigenvalue weighted by Crippen LogP contribution is -2.28. The minimum Gasteiger partial charge on any atom is -0.493 e. The third-order valence-electron chi connectivity index (χ3n) is 5.35. The number of amides is 1. The van der Waals surface area contributed by atoms with Gasteiger partial charge in [0.15, 0.2) is 11.5 Å². The highest BCUT2D eigenvalue weighted by molar-refractivity contribution is 6.31. The van der Waals surface area contributed by atoms with E-state index in [-0.39, 0.29) is 12.3 Å². The van der Waals surface area contributed by atoms with E-state index in [2.05, 4.69) is 9.88 Å². The molecular formula is C26H26ClN3O3. The van der Waals surface area contributed by atoms with Gasteiger partial charge in [-0.2, -0.15) is 0 Å². The van der Waals surface area contributed by atoms with Crippen LogP contribution in [0.2, 0.25) is 5.02 Å². The highest BCUT2D eigenvalue weighted by Gasteiger charge is 2.12. The van der Waals surface area contributed by atoms with Crippen LogP contribution in [-0.2, 0) is 24.2 Å². The fraction of sp³-hybridized carbons (Fsp3) is 0.231. The smallest absolute Gasteiger partial charge is 0.224 e. The number of halogens is 1. The Kier molecular flexibility index (Phi) is 7.47. The van der Waals surface area contributed by atoms with E-state index < -0.39 is 0 Å². The van der Waals surface area contributed by atoms with Crippen molar-refractivity contribution in [3.8, 4) is 11.5 Å². The Morgan fingerprint density at radius 1 is 1.00 bits per heavy atom. The summed E-state index contributed by atoms with van der Waals surface area (Å²) in [5.74, 6) is 2.25. The Morgan fingerprint density at radius 2 is 1.73 bits per heavy atom. The summed E-state index contributed by atoms with van der Waals surface area (Å²) in [6.07, 6.45) is 0.862. The second-order valence-electron chi connectivity index (χ2n) is 7.54. The molecule has 0 unspecified atom stereocenters. The predicted octanol–water partition coefficient (Wildman–Crippen LogP) is 4.68. The number of hydrogen-bond acceptors (Lipinski definition) is 4. The van der Waals surface area contributed by atoms with Crippen LogP contribution in [0.4, 0.5) is 0 Å². The number of aromatic nitrogens is 2. The van der Waals surface area contributed by atoms with Crippen LogP contribution in [-0.4, -0.2) is 35.7 Å². The van der Waals surface area contributed by atoms with E-state index in [9.17, 15) is 4.79 Å². The number of fused-ring (bicyclic) bond motifs is 1. The van der Waals surface area contributed by atoms with Crippen LogP contribution < -0.4 is 14.8 Å². The topological polar surface area (TPSA) is 65.4 Å². The predicted molar refractivity (Wildman–Crippen MR) is 130 cm³/mol. The van der Waals surface area contributed by atoms with Crippen molar-refractivity contribution in [1.82, 2.24) is 14.9 Å². The summed E-state index contributed by atoms with van der Waals surface area (Å²) < 4.78 is 13.5. The first-order valence-electron chi connectivity index (χ1n) is 10.9. The Labute approximate surface area is 198 Å². The van der Waals surface area contributed by atoms with Crippen molar-refractivity contribution in [1.29, 1.82) is 0 Å². The van der Waals surface area contributed by atoms with E-state index in [1.54, 1.807) is 13.2 Å². The van der Waals surface area contributed by atoms with Crippen LogP contribution in [0.1, 0.15) is 11.4 Å². The molecule has 7 heteroatoms. The number of benzene rings is 3. The average molecular weight is 464 g/mol. The number of carbonyl (C=O) groups is 1. The molecule has 170 valence electrons. The molecule has 33 heavy (non-hydrogen) atoms. The minimum absolute atomic E-state index is 0.0646. The fourth-order valence-electron chi connectivity index (χ4n) is 3.74. The van der Waals surface area contributed by atoms with E-state index in [4.69, 9.17) is 26.1 Å². The largest absolute Gasteiger partial charge is 0.493 e. The van der Waals surface area contributed by atoms with Gasteiger partial charge in [-0.05, 0) is 35.9 Å². The van der Waals surface area contributed by atoms with Gasteiger partial charge in [-0.1, -0.05) is 54.1 Å². The van der Waals surface area contributed by atoms with E-state index in [1.807, 2.05) is 66.7 Å². The van der Waals surface area contributed by atoms with Gasteiger partial charge in [-0.3, -0.25) is 4.79 Å². The molecule has 0 aliphatic heterocycles. The minimum atomic E-state index is -0.0646. The molecule has 4 aromatic rings. The van der Waals surface area contributed by atoms with Crippen LogP contribution in [0.25, 0.3) is 11.0 Å². The van der Waals surface area contributed by atoms with Gasteiger partial charge in [-0.15, -0.1) is 0 Å². The number of carbonyl (C=O) groups excluding carboxylic acids is 1. The third-order valence-corrected chi connectivity index (χ3v) is 5.72. The number of hydrogen-bond donors (Lipinski definition) is 1. The monoisotopic (exact) mass is 463 g/mol. The summed E-state index contributed by atoms with van der Waals surface area (Å²) >= 11 is 6.16. The molecular weight excluding hydrogens is 438 g/mol. The number of para-hydroxylation sites is 4. The van der Waals surface area contributed by atoms with E-state index in [0.29, 0.717) is 42.6 Å². The molecule has 0 spiro atoms. The van der Waals surface area contributed by atoms with Gasteiger partial charge in [0.1, 0.15) is 12.4 Å². The lowest BCUT2D eigenvalue weighted by Gasteiger charge is -2.13. The van der Waals surface area contributed by atoms with Crippen molar-refractivity contribution in [2.75, 3.05) is 20.3 Å². The molecule has 6 nitrogen and oxygen atoms in total. The van der Waals surface area contributed by atoms with E-state index in [0.717, 1.165) is 22.4 Å². The van der Waals surface area contributed by atoms with Gasteiger partial charge in [-0.25, -0.2) is 4.98 Å². The molecule has 0 saturated carbocycles. The summed E-state index contributed by atoms with van der Waals surface area (Å²) in [5.41, 5.74) is 2.78. The number of methoxy groups -OCH3 is 1. The van der Waals surface area contributed by atoms with Gasteiger partial charge in [0.05, 0.1) is 31.1 Å². The van der Waals surface area contributed by atoms with Crippen LogP contribution >= 0.6 is 11.6 Å². The van der Waals surface area contributed by atoms with Gasteiger partial charge in [0.2, 0.25) is 5.91 Å². The maximum absolute atomic E-state index is 12.4. The van der Waals surface area contributed by atoms with Crippen molar-refractivity contribution in [2.45, 2.75) is 19.4 Å². The lowest BCUT2D eigenvalue weighted by atomic mass is 10.1. The van der Waals surface area contributed by atoms with E-state index >= 15 is 0 Å². The molecule has 1 amide bonds. The molecule has 1 aromatic heterocycles. The van der Waals surface area contributed by atoms with Gasteiger partial charge >= 0.3 is 0 Å². The second kappa shape index (κ2) is 10.9. The van der Waals surface area contributed by atoms with Crippen molar-refractivity contribution < 1.29 is 14.3 Å². The number of ether oxygens (including phenoxy) is 2. The summed E-state index contributed by atoms with van der Waals surface area (Å²) in [6.45, 7) is 1.58. The molecule has 0 radical (unpaired) electrons. The first kappa shape index (κ1) is 22.7. The Balaban J connectivity index is 1.39. The first-order valence-corrected chi connectivity index (χ1v) is 11.2. The SMILES string of the molecule is COc1ccccc1OCCn1c(CCNC(=O)Cc2ccccc2Cl)nc2ccccc21. The Morgan fingerprint density at radius 3 is 2.55 bits per heavy atom. The van der Waals surface area contributed by atoms with Gasteiger partial charge < -0.3 is 19.4 Å². The van der Waals surface area contributed by atoms with Crippen LogP contribution in [0, 0.1) is 0 Å². The maximum atomic E-state index is 12.4. The zero-order valence-corrected chi connectivity index (χ0v) is 19.2. The Bertz CT molecular complexity index is 1240. The fourth-order valence-corrected chi connectivity index (χ4v) is 3.94. The molecule has 0 fully saturated rings. The average Bonchev–Trinajstić information content (AvgIpc) is 3.18. The van der Waals surface area contributed by atoms with Crippen molar-refractivity contribution in [3.05, 3.63) is 89.2 Å². The summed E-state index contributed by atoms with van der Waals surface area (Å²) in [7, 11) is 1.63. The van der Waals surface area contributed by atoms with Crippen molar-refractivity contribution in [3.63, 3.8) is 0 Å². The zero-order chi connectivity index (χ0) is 23.0. The zero-order valence-electron chi connectivity index (χ0n) is 18.5.